The molecule has 5 heteroatoms. The molecule has 90 valence electrons. The third kappa shape index (κ3) is 4.10. The first kappa shape index (κ1) is 12.8. The lowest BCUT2D eigenvalue weighted by Gasteiger charge is -2.14. The van der Waals surface area contributed by atoms with Crippen molar-refractivity contribution >= 4 is 0 Å². The lowest BCUT2D eigenvalue weighted by Crippen LogP contribution is -2.20. The van der Waals surface area contributed by atoms with Gasteiger partial charge >= 0.3 is 6.18 Å². The zero-order valence-corrected chi connectivity index (χ0v) is 8.92. The Bertz CT molecular complexity index is 321. The van der Waals surface area contributed by atoms with E-state index in [9.17, 15) is 13.2 Å². The van der Waals surface area contributed by atoms with Crippen molar-refractivity contribution in [2.75, 3.05) is 6.61 Å². The molecule has 0 amide bonds. The molecule has 1 atom stereocenters. The van der Waals surface area contributed by atoms with Crippen molar-refractivity contribution < 1.29 is 17.9 Å². The van der Waals surface area contributed by atoms with E-state index in [0.717, 1.165) is 0 Å². The second-order valence-corrected chi connectivity index (χ2v) is 3.43. The molecular formula is C11H14F3NO. The first-order valence-corrected chi connectivity index (χ1v) is 4.97. The minimum Gasteiger partial charge on any atom is -0.494 e. The van der Waals surface area contributed by atoms with Crippen LogP contribution in [0.3, 0.4) is 0 Å². The van der Waals surface area contributed by atoms with Gasteiger partial charge in [-0.05, 0) is 24.6 Å². The van der Waals surface area contributed by atoms with Crippen molar-refractivity contribution in [3.8, 4) is 5.75 Å². The van der Waals surface area contributed by atoms with Gasteiger partial charge in [-0.3, -0.25) is 0 Å². The fourth-order valence-corrected chi connectivity index (χ4v) is 1.35. The van der Waals surface area contributed by atoms with E-state index in [4.69, 9.17) is 10.5 Å². The molecule has 0 radical (unpaired) electrons. The molecule has 0 spiro atoms. The second-order valence-electron chi connectivity index (χ2n) is 3.43. The summed E-state index contributed by atoms with van der Waals surface area (Å²) in [6.45, 7) is 2.36. The molecule has 0 aromatic heterocycles. The number of hydrogen-bond donors (Lipinski definition) is 1. The summed E-state index contributed by atoms with van der Waals surface area (Å²) in [6, 6.07) is 5.34. The van der Waals surface area contributed by atoms with Crippen LogP contribution in [0.15, 0.2) is 24.3 Å². The first-order chi connectivity index (χ1) is 7.42. The molecule has 0 fully saturated rings. The van der Waals surface area contributed by atoms with E-state index in [-0.39, 0.29) is 0 Å². The van der Waals surface area contributed by atoms with Crippen LogP contribution in [-0.2, 0) is 0 Å². The van der Waals surface area contributed by atoms with Gasteiger partial charge in [0.2, 0.25) is 0 Å². The summed E-state index contributed by atoms with van der Waals surface area (Å²) in [5.41, 5.74) is 5.90. The number of hydrogen-bond acceptors (Lipinski definition) is 2. The van der Waals surface area contributed by atoms with Crippen LogP contribution in [0.5, 0.6) is 5.75 Å². The molecule has 2 nitrogen and oxygen atoms in total. The lowest BCUT2D eigenvalue weighted by atomic mass is 10.0. The number of benzene rings is 1. The minimum absolute atomic E-state index is 0.459. The van der Waals surface area contributed by atoms with Gasteiger partial charge in [0.25, 0.3) is 0 Å². The Morgan fingerprint density at radius 3 is 2.25 bits per heavy atom. The van der Waals surface area contributed by atoms with Crippen molar-refractivity contribution in [1.29, 1.82) is 0 Å². The number of nitrogens with two attached hydrogens (primary N) is 1. The molecule has 1 aromatic carbocycles. The van der Waals surface area contributed by atoms with Crippen LogP contribution in [0.25, 0.3) is 0 Å². The molecule has 0 aliphatic carbocycles. The Morgan fingerprint density at radius 1 is 1.25 bits per heavy atom. The lowest BCUT2D eigenvalue weighted by molar-refractivity contribution is -0.138. The van der Waals surface area contributed by atoms with E-state index in [1.54, 1.807) is 24.3 Å². The maximum absolute atomic E-state index is 12.1. The van der Waals surface area contributed by atoms with E-state index < -0.39 is 18.6 Å². The van der Waals surface area contributed by atoms with Gasteiger partial charge in [-0.15, -0.1) is 0 Å². The molecule has 0 aliphatic heterocycles. The highest BCUT2D eigenvalue weighted by atomic mass is 19.4. The Hall–Kier alpha value is -1.23. The number of ether oxygens (including phenoxy) is 1. The van der Waals surface area contributed by atoms with Gasteiger partial charge in [-0.25, -0.2) is 0 Å². The van der Waals surface area contributed by atoms with Crippen LogP contribution in [0.2, 0.25) is 0 Å². The second kappa shape index (κ2) is 5.21. The molecule has 0 bridgehead atoms. The van der Waals surface area contributed by atoms with Crippen LogP contribution in [0, 0.1) is 0 Å². The van der Waals surface area contributed by atoms with E-state index in [1.807, 2.05) is 6.92 Å². The topological polar surface area (TPSA) is 35.2 Å². The van der Waals surface area contributed by atoms with Gasteiger partial charge in [0.1, 0.15) is 5.75 Å². The minimum atomic E-state index is -4.24. The summed E-state index contributed by atoms with van der Waals surface area (Å²) in [5.74, 6) is 0.630. The Kier molecular flexibility index (Phi) is 4.18. The molecule has 2 N–H and O–H groups in total. The quantitative estimate of drug-likeness (QED) is 0.867. The standard InChI is InChI=1S/C11H14F3NO/c1-2-16-9-5-3-8(4-6-9)10(15)7-11(12,13)14/h3-6,10H,2,7,15H2,1H3/t10-/m1/s1. The summed E-state index contributed by atoms with van der Waals surface area (Å²) in [5, 5.41) is 0. The average molecular weight is 233 g/mol. The smallest absolute Gasteiger partial charge is 0.390 e. The summed E-state index contributed by atoms with van der Waals surface area (Å²) < 4.78 is 41.4. The Balaban J connectivity index is 2.66. The summed E-state index contributed by atoms with van der Waals surface area (Å²) in [4.78, 5) is 0. The predicted octanol–water partition coefficient (Wildman–Crippen LogP) is 3.04. The summed E-state index contributed by atoms with van der Waals surface area (Å²) in [7, 11) is 0. The maximum atomic E-state index is 12.1. The summed E-state index contributed by atoms with van der Waals surface area (Å²) >= 11 is 0. The number of rotatable bonds is 4. The van der Waals surface area contributed by atoms with Crippen LogP contribution in [-0.4, -0.2) is 12.8 Å². The van der Waals surface area contributed by atoms with E-state index in [0.29, 0.717) is 17.9 Å². The van der Waals surface area contributed by atoms with Crippen LogP contribution in [0.4, 0.5) is 13.2 Å². The third-order valence-electron chi connectivity index (χ3n) is 2.07. The third-order valence-corrected chi connectivity index (χ3v) is 2.07. The van der Waals surface area contributed by atoms with Crippen molar-refractivity contribution in [3.63, 3.8) is 0 Å². The molecule has 0 unspecified atom stereocenters. The molecule has 1 rings (SSSR count). The highest BCUT2D eigenvalue weighted by Gasteiger charge is 2.30. The monoisotopic (exact) mass is 233 g/mol. The molecule has 0 heterocycles. The van der Waals surface area contributed by atoms with Crippen molar-refractivity contribution in [3.05, 3.63) is 29.8 Å². The van der Waals surface area contributed by atoms with E-state index >= 15 is 0 Å². The van der Waals surface area contributed by atoms with Gasteiger partial charge in [0.05, 0.1) is 13.0 Å². The molecule has 0 aliphatic rings. The maximum Gasteiger partial charge on any atom is 0.390 e. The Morgan fingerprint density at radius 2 is 1.81 bits per heavy atom. The SMILES string of the molecule is CCOc1ccc([C@H](N)CC(F)(F)F)cc1. The molecule has 0 saturated heterocycles. The fourth-order valence-electron chi connectivity index (χ4n) is 1.35. The average Bonchev–Trinajstić information content (AvgIpc) is 2.16. The van der Waals surface area contributed by atoms with Gasteiger partial charge in [0.15, 0.2) is 0 Å². The van der Waals surface area contributed by atoms with Crippen molar-refractivity contribution in [2.24, 2.45) is 5.73 Å². The van der Waals surface area contributed by atoms with Gasteiger partial charge in [-0.2, -0.15) is 13.2 Å². The van der Waals surface area contributed by atoms with Crippen molar-refractivity contribution in [2.45, 2.75) is 25.6 Å². The molecular weight excluding hydrogens is 219 g/mol. The van der Waals surface area contributed by atoms with Gasteiger partial charge < -0.3 is 10.5 Å². The normalized spacial score (nSPS) is 13.6. The first-order valence-electron chi connectivity index (χ1n) is 4.97. The molecule has 0 saturated carbocycles. The largest absolute Gasteiger partial charge is 0.494 e. The van der Waals surface area contributed by atoms with Crippen LogP contribution >= 0.6 is 0 Å². The zero-order chi connectivity index (χ0) is 12.2. The number of halogens is 3. The number of alkyl halides is 3. The van der Waals surface area contributed by atoms with E-state index in [1.165, 1.54) is 0 Å². The Labute approximate surface area is 92.2 Å². The molecule has 1 aromatic rings. The van der Waals surface area contributed by atoms with Crippen LogP contribution < -0.4 is 10.5 Å². The zero-order valence-electron chi connectivity index (χ0n) is 8.92. The van der Waals surface area contributed by atoms with E-state index in [2.05, 4.69) is 0 Å². The van der Waals surface area contributed by atoms with Gasteiger partial charge in [0, 0.05) is 6.04 Å². The predicted molar refractivity (Wildman–Crippen MR) is 55.2 cm³/mol. The highest BCUT2D eigenvalue weighted by molar-refractivity contribution is 5.29. The van der Waals surface area contributed by atoms with Gasteiger partial charge in [-0.1, -0.05) is 12.1 Å². The molecule has 16 heavy (non-hydrogen) atoms. The van der Waals surface area contributed by atoms with Crippen molar-refractivity contribution in [1.82, 2.24) is 0 Å². The summed E-state index contributed by atoms with van der Waals surface area (Å²) in [6.07, 6.45) is -5.25. The highest BCUT2D eigenvalue weighted by Crippen LogP contribution is 2.28. The van der Waals surface area contributed by atoms with Crippen LogP contribution in [0.1, 0.15) is 24.9 Å². The fraction of sp³-hybridized carbons (Fsp3) is 0.455.